The lowest BCUT2D eigenvalue weighted by Crippen LogP contribution is -2.45. The van der Waals surface area contributed by atoms with Gasteiger partial charge in [0.25, 0.3) is 0 Å². The number of hydrogen-bond acceptors (Lipinski definition) is 5. The Morgan fingerprint density at radius 3 is 3.38 bits per heavy atom. The van der Waals surface area contributed by atoms with Gasteiger partial charge in [0, 0.05) is 31.2 Å². The van der Waals surface area contributed by atoms with Gasteiger partial charge in [0.1, 0.15) is 0 Å². The van der Waals surface area contributed by atoms with Crippen molar-refractivity contribution >= 4 is 16.5 Å². The highest BCUT2D eigenvalue weighted by atomic mass is 32.1. The molecular formula is C8H13N3OS. The van der Waals surface area contributed by atoms with E-state index in [2.05, 4.69) is 9.88 Å². The van der Waals surface area contributed by atoms with E-state index in [0.29, 0.717) is 6.54 Å². The van der Waals surface area contributed by atoms with E-state index < -0.39 is 0 Å². The molecule has 72 valence electrons. The lowest BCUT2D eigenvalue weighted by atomic mass is 10.3. The van der Waals surface area contributed by atoms with Crippen molar-refractivity contribution < 1.29 is 4.74 Å². The Bertz CT molecular complexity index is 252. The normalized spacial score (nSPS) is 23.5. The predicted octanol–water partition coefficient (Wildman–Crippen LogP) is 0.307. The van der Waals surface area contributed by atoms with Crippen molar-refractivity contribution in [3.05, 3.63) is 11.6 Å². The Morgan fingerprint density at radius 2 is 2.69 bits per heavy atom. The zero-order valence-electron chi connectivity index (χ0n) is 7.35. The highest BCUT2D eigenvalue weighted by molar-refractivity contribution is 7.13. The number of anilines is 1. The molecule has 4 nitrogen and oxygen atoms in total. The second kappa shape index (κ2) is 4.04. The molecule has 0 amide bonds. The summed E-state index contributed by atoms with van der Waals surface area (Å²) in [5.41, 5.74) is 5.55. The van der Waals surface area contributed by atoms with Crippen LogP contribution in [0.5, 0.6) is 0 Å². The molecule has 1 aromatic rings. The summed E-state index contributed by atoms with van der Waals surface area (Å²) in [5.74, 6) is 0. The van der Waals surface area contributed by atoms with Crippen LogP contribution >= 0.6 is 11.3 Å². The molecule has 2 N–H and O–H groups in total. The van der Waals surface area contributed by atoms with Gasteiger partial charge in [-0.2, -0.15) is 0 Å². The fourth-order valence-corrected chi connectivity index (χ4v) is 2.09. The van der Waals surface area contributed by atoms with E-state index in [4.69, 9.17) is 10.5 Å². The Morgan fingerprint density at radius 1 is 1.77 bits per heavy atom. The van der Waals surface area contributed by atoms with Gasteiger partial charge in [0.15, 0.2) is 5.13 Å². The van der Waals surface area contributed by atoms with Gasteiger partial charge in [0.2, 0.25) is 0 Å². The third kappa shape index (κ3) is 1.99. The molecule has 13 heavy (non-hydrogen) atoms. The van der Waals surface area contributed by atoms with Gasteiger partial charge >= 0.3 is 0 Å². The summed E-state index contributed by atoms with van der Waals surface area (Å²) in [7, 11) is 0. The quantitative estimate of drug-likeness (QED) is 0.744. The van der Waals surface area contributed by atoms with Gasteiger partial charge in [-0.15, -0.1) is 11.3 Å². The van der Waals surface area contributed by atoms with Crippen molar-refractivity contribution in [1.82, 2.24) is 4.98 Å². The zero-order chi connectivity index (χ0) is 9.10. The van der Waals surface area contributed by atoms with Crippen LogP contribution in [0.25, 0.3) is 0 Å². The molecule has 1 fully saturated rings. The fourth-order valence-electron chi connectivity index (χ4n) is 1.41. The van der Waals surface area contributed by atoms with Crippen molar-refractivity contribution in [1.29, 1.82) is 0 Å². The largest absolute Gasteiger partial charge is 0.373 e. The Labute approximate surface area is 81.3 Å². The van der Waals surface area contributed by atoms with E-state index in [9.17, 15) is 0 Å². The lowest BCUT2D eigenvalue weighted by Gasteiger charge is -2.31. The number of ether oxygens (including phenoxy) is 1. The molecule has 0 saturated carbocycles. The van der Waals surface area contributed by atoms with Crippen LogP contribution < -0.4 is 10.6 Å². The van der Waals surface area contributed by atoms with Crippen molar-refractivity contribution in [2.24, 2.45) is 5.73 Å². The summed E-state index contributed by atoms with van der Waals surface area (Å²) in [6.07, 6.45) is 1.99. The highest BCUT2D eigenvalue weighted by Crippen LogP contribution is 2.19. The number of rotatable bonds is 2. The molecule has 1 aliphatic heterocycles. The first-order valence-electron chi connectivity index (χ1n) is 4.36. The molecule has 0 aromatic carbocycles. The minimum Gasteiger partial charge on any atom is -0.373 e. The van der Waals surface area contributed by atoms with E-state index in [1.54, 1.807) is 11.3 Å². The van der Waals surface area contributed by atoms with Gasteiger partial charge in [-0.1, -0.05) is 0 Å². The van der Waals surface area contributed by atoms with Crippen LogP contribution in [0.3, 0.4) is 0 Å². The Hall–Kier alpha value is -0.650. The zero-order valence-corrected chi connectivity index (χ0v) is 8.17. The van der Waals surface area contributed by atoms with E-state index in [1.807, 2.05) is 11.6 Å². The summed E-state index contributed by atoms with van der Waals surface area (Å²) in [6, 6.07) is 0. The number of hydrogen-bond donors (Lipinski definition) is 1. The molecule has 1 saturated heterocycles. The van der Waals surface area contributed by atoms with Crippen LogP contribution in [-0.2, 0) is 4.74 Å². The van der Waals surface area contributed by atoms with E-state index in [1.165, 1.54) is 0 Å². The highest BCUT2D eigenvalue weighted by Gasteiger charge is 2.20. The van der Waals surface area contributed by atoms with Crippen LogP contribution in [0.15, 0.2) is 11.6 Å². The molecule has 0 radical (unpaired) electrons. The minimum absolute atomic E-state index is 0.164. The monoisotopic (exact) mass is 199 g/mol. The summed E-state index contributed by atoms with van der Waals surface area (Å²) in [5, 5.41) is 3.06. The van der Waals surface area contributed by atoms with E-state index in [-0.39, 0.29) is 6.10 Å². The summed E-state index contributed by atoms with van der Waals surface area (Å²) in [4.78, 5) is 6.48. The van der Waals surface area contributed by atoms with Crippen molar-refractivity contribution in [2.45, 2.75) is 6.10 Å². The molecular weight excluding hydrogens is 186 g/mol. The van der Waals surface area contributed by atoms with Gasteiger partial charge in [0.05, 0.1) is 12.7 Å². The number of nitrogens with zero attached hydrogens (tertiary/aromatic N) is 2. The Kier molecular flexibility index (Phi) is 2.77. The molecule has 1 aliphatic rings. The van der Waals surface area contributed by atoms with Crippen molar-refractivity contribution in [2.75, 3.05) is 31.1 Å². The molecule has 0 bridgehead atoms. The van der Waals surface area contributed by atoms with Gasteiger partial charge in [-0.05, 0) is 0 Å². The number of morpholine rings is 1. The van der Waals surface area contributed by atoms with Gasteiger partial charge in [-0.3, -0.25) is 0 Å². The molecule has 0 spiro atoms. The van der Waals surface area contributed by atoms with E-state index in [0.717, 1.165) is 24.8 Å². The smallest absolute Gasteiger partial charge is 0.185 e. The number of nitrogens with two attached hydrogens (primary N) is 1. The molecule has 1 aromatic heterocycles. The standard InChI is InChI=1S/C8H13N3OS/c9-5-7-6-11(2-3-12-7)8-10-1-4-13-8/h1,4,7H,2-3,5-6,9H2. The summed E-state index contributed by atoms with van der Waals surface area (Å²) < 4.78 is 5.47. The minimum atomic E-state index is 0.164. The van der Waals surface area contributed by atoms with Crippen LogP contribution in [0.1, 0.15) is 0 Å². The molecule has 2 heterocycles. The Balaban J connectivity index is 2.00. The second-order valence-electron chi connectivity index (χ2n) is 2.99. The first kappa shape index (κ1) is 8.93. The summed E-state index contributed by atoms with van der Waals surface area (Å²) >= 11 is 1.66. The maximum Gasteiger partial charge on any atom is 0.185 e. The summed E-state index contributed by atoms with van der Waals surface area (Å²) in [6.45, 7) is 3.12. The third-order valence-corrected chi connectivity index (χ3v) is 2.92. The fraction of sp³-hybridized carbons (Fsp3) is 0.625. The molecule has 2 rings (SSSR count). The van der Waals surface area contributed by atoms with E-state index >= 15 is 0 Å². The van der Waals surface area contributed by atoms with Crippen LogP contribution in [-0.4, -0.2) is 37.3 Å². The number of thiazole rings is 1. The second-order valence-corrected chi connectivity index (χ2v) is 3.86. The maximum atomic E-state index is 5.55. The first-order chi connectivity index (χ1) is 6.40. The van der Waals surface area contributed by atoms with Gasteiger partial charge in [-0.25, -0.2) is 4.98 Å². The average molecular weight is 199 g/mol. The average Bonchev–Trinajstić information content (AvgIpc) is 2.71. The van der Waals surface area contributed by atoms with Crippen LogP contribution in [0.2, 0.25) is 0 Å². The maximum absolute atomic E-state index is 5.55. The van der Waals surface area contributed by atoms with Gasteiger partial charge < -0.3 is 15.4 Å². The molecule has 1 unspecified atom stereocenters. The third-order valence-electron chi connectivity index (χ3n) is 2.09. The first-order valence-corrected chi connectivity index (χ1v) is 5.24. The number of aromatic nitrogens is 1. The SMILES string of the molecule is NCC1CN(c2nccs2)CCO1. The molecule has 5 heteroatoms. The van der Waals surface area contributed by atoms with Crippen molar-refractivity contribution in [3.63, 3.8) is 0 Å². The van der Waals surface area contributed by atoms with Crippen molar-refractivity contribution in [3.8, 4) is 0 Å². The lowest BCUT2D eigenvalue weighted by molar-refractivity contribution is 0.0465. The molecule has 1 atom stereocenters. The van der Waals surface area contributed by atoms with Crippen LogP contribution in [0, 0.1) is 0 Å². The topological polar surface area (TPSA) is 51.4 Å². The predicted molar refractivity (Wildman–Crippen MR) is 53.1 cm³/mol. The molecule has 0 aliphatic carbocycles. The van der Waals surface area contributed by atoms with Crippen LogP contribution in [0.4, 0.5) is 5.13 Å².